The van der Waals surface area contributed by atoms with Gasteiger partial charge in [-0.1, -0.05) is 12.1 Å². The van der Waals surface area contributed by atoms with Crippen molar-refractivity contribution in [1.29, 1.82) is 0 Å². The maximum atomic E-state index is 13.3. The zero-order chi connectivity index (χ0) is 18.3. The molecule has 0 aliphatic carbocycles. The van der Waals surface area contributed by atoms with Crippen molar-refractivity contribution in [1.82, 2.24) is 10.3 Å². The Morgan fingerprint density at radius 1 is 1.08 bits per heavy atom. The van der Waals surface area contributed by atoms with E-state index in [1.165, 1.54) is 42.5 Å². The van der Waals surface area contributed by atoms with Gasteiger partial charge in [-0.25, -0.2) is 12.8 Å². The van der Waals surface area contributed by atoms with Crippen molar-refractivity contribution in [2.45, 2.75) is 11.8 Å². The van der Waals surface area contributed by atoms with Gasteiger partial charge >= 0.3 is 0 Å². The molecule has 1 amide bonds. The highest BCUT2D eigenvalue weighted by Crippen LogP contribution is 2.16. The number of rotatable bonds is 8. The Bertz CT molecular complexity index is 825. The summed E-state index contributed by atoms with van der Waals surface area (Å²) in [5, 5.41) is 0. The van der Waals surface area contributed by atoms with Gasteiger partial charge in [-0.15, -0.1) is 4.83 Å². The lowest BCUT2D eigenvalue weighted by Crippen LogP contribution is -2.43. The molecule has 0 bridgehead atoms. The smallest absolute Gasteiger partial charge is 0.272 e. The average Bonchev–Trinajstić information content (AvgIpc) is 2.60. The van der Waals surface area contributed by atoms with Crippen LogP contribution in [0.15, 0.2) is 53.4 Å². The lowest BCUT2D eigenvalue weighted by atomic mass is 10.3. The van der Waals surface area contributed by atoms with E-state index in [9.17, 15) is 17.6 Å². The summed E-state index contributed by atoms with van der Waals surface area (Å²) in [6, 6.07) is 11.2. The van der Waals surface area contributed by atoms with Gasteiger partial charge in [0.1, 0.15) is 5.75 Å². The molecule has 0 heterocycles. The molecule has 0 aliphatic heterocycles. The van der Waals surface area contributed by atoms with Gasteiger partial charge in [-0.3, -0.25) is 10.2 Å². The van der Waals surface area contributed by atoms with Crippen molar-refractivity contribution in [3.63, 3.8) is 0 Å². The summed E-state index contributed by atoms with van der Waals surface area (Å²) >= 11 is 0. The molecule has 0 radical (unpaired) electrons. The zero-order valence-corrected chi connectivity index (χ0v) is 14.2. The topological polar surface area (TPSA) is 93.7 Å². The highest BCUT2D eigenvalue weighted by atomic mass is 32.2. The van der Waals surface area contributed by atoms with Crippen LogP contribution in [-0.2, 0) is 14.8 Å². The van der Waals surface area contributed by atoms with Gasteiger partial charge in [0.25, 0.3) is 15.9 Å². The van der Waals surface area contributed by atoms with Crippen LogP contribution in [0.1, 0.15) is 6.92 Å². The van der Waals surface area contributed by atoms with Crippen LogP contribution in [0.5, 0.6) is 11.5 Å². The van der Waals surface area contributed by atoms with Crippen molar-refractivity contribution in [3.05, 3.63) is 54.3 Å². The highest BCUT2D eigenvalue weighted by molar-refractivity contribution is 7.89. The first-order chi connectivity index (χ1) is 11.9. The van der Waals surface area contributed by atoms with Crippen LogP contribution in [-0.4, -0.2) is 27.5 Å². The number of ether oxygens (including phenoxy) is 2. The molecule has 2 aromatic rings. The van der Waals surface area contributed by atoms with Crippen LogP contribution < -0.4 is 19.7 Å². The van der Waals surface area contributed by atoms with E-state index in [1.807, 2.05) is 17.2 Å². The summed E-state index contributed by atoms with van der Waals surface area (Å²) in [5.41, 5.74) is 2.00. The van der Waals surface area contributed by atoms with Gasteiger partial charge in [0.05, 0.1) is 11.5 Å². The second-order valence-corrected chi connectivity index (χ2v) is 6.46. The number of hydrogen-bond acceptors (Lipinski definition) is 5. The monoisotopic (exact) mass is 368 g/mol. The second kappa shape index (κ2) is 8.45. The van der Waals surface area contributed by atoms with E-state index in [-0.39, 0.29) is 10.6 Å². The number of benzene rings is 2. The van der Waals surface area contributed by atoms with Crippen molar-refractivity contribution < 1.29 is 27.1 Å². The van der Waals surface area contributed by atoms with Crippen molar-refractivity contribution in [2.75, 3.05) is 13.2 Å². The standard InChI is InChI=1S/C16H17FN2O5S/c1-2-23-12-7-9-13(10-8-12)25(21,22)19-18-16(20)11-24-15-6-4-3-5-14(15)17/h3-10,19H,2,11H2,1H3,(H,18,20). The maximum absolute atomic E-state index is 13.3. The number of carbonyl (C=O) groups excluding carboxylic acids is 1. The predicted octanol–water partition coefficient (Wildman–Crippen LogP) is 1.61. The van der Waals surface area contributed by atoms with E-state index in [0.29, 0.717) is 12.4 Å². The first-order valence-corrected chi connectivity index (χ1v) is 8.81. The third-order valence-electron chi connectivity index (χ3n) is 2.97. The van der Waals surface area contributed by atoms with Crippen molar-refractivity contribution >= 4 is 15.9 Å². The number of amides is 1. The molecule has 0 saturated heterocycles. The van der Waals surface area contributed by atoms with Crippen LogP contribution in [0, 0.1) is 5.82 Å². The second-order valence-electron chi connectivity index (χ2n) is 4.78. The lowest BCUT2D eigenvalue weighted by molar-refractivity contribution is -0.123. The molecule has 25 heavy (non-hydrogen) atoms. The van der Waals surface area contributed by atoms with E-state index >= 15 is 0 Å². The van der Waals surface area contributed by atoms with E-state index < -0.39 is 28.4 Å². The molecule has 9 heteroatoms. The average molecular weight is 368 g/mol. The first kappa shape index (κ1) is 18.7. The molecule has 0 atom stereocenters. The number of sulfonamides is 1. The number of halogens is 1. The SMILES string of the molecule is CCOc1ccc(S(=O)(=O)NNC(=O)COc2ccccc2F)cc1. The fourth-order valence-electron chi connectivity index (χ4n) is 1.81. The summed E-state index contributed by atoms with van der Waals surface area (Å²) in [6.07, 6.45) is 0. The quantitative estimate of drug-likeness (QED) is 0.691. The highest BCUT2D eigenvalue weighted by Gasteiger charge is 2.15. The summed E-state index contributed by atoms with van der Waals surface area (Å²) in [6.45, 7) is 1.72. The molecule has 0 fully saturated rings. The molecule has 2 aromatic carbocycles. The third-order valence-corrected chi connectivity index (χ3v) is 4.23. The Morgan fingerprint density at radius 2 is 1.76 bits per heavy atom. The molecule has 2 rings (SSSR count). The van der Waals surface area contributed by atoms with Crippen LogP contribution in [0.2, 0.25) is 0 Å². The number of carbonyl (C=O) groups is 1. The minimum atomic E-state index is -3.95. The minimum absolute atomic E-state index is 0.0497. The maximum Gasteiger partial charge on any atom is 0.272 e. The Balaban J connectivity index is 1.88. The molecule has 2 N–H and O–H groups in total. The Kier molecular flexibility index (Phi) is 6.31. The molecule has 0 aromatic heterocycles. The van der Waals surface area contributed by atoms with Crippen LogP contribution in [0.4, 0.5) is 4.39 Å². The third kappa shape index (κ3) is 5.44. The largest absolute Gasteiger partial charge is 0.494 e. The first-order valence-electron chi connectivity index (χ1n) is 7.33. The minimum Gasteiger partial charge on any atom is -0.494 e. The number of nitrogens with one attached hydrogen (secondary N) is 2. The summed E-state index contributed by atoms with van der Waals surface area (Å²) in [5.74, 6) is -0.973. The summed E-state index contributed by atoms with van der Waals surface area (Å²) in [7, 11) is -3.95. The predicted molar refractivity (Wildman–Crippen MR) is 88.0 cm³/mol. The van der Waals surface area contributed by atoms with Gasteiger partial charge in [0.2, 0.25) is 0 Å². The van der Waals surface area contributed by atoms with Gasteiger partial charge in [-0.05, 0) is 43.3 Å². The van der Waals surface area contributed by atoms with E-state index in [1.54, 1.807) is 6.07 Å². The van der Waals surface area contributed by atoms with E-state index in [4.69, 9.17) is 9.47 Å². The Labute approximate surface area is 144 Å². The van der Waals surface area contributed by atoms with Gasteiger partial charge in [0, 0.05) is 0 Å². The normalized spacial score (nSPS) is 11.0. The Morgan fingerprint density at radius 3 is 2.40 bits per heavy atom. The van der Waals surface area contributed by atoms with Gasteiger partial charge < -0.3 is 9.47 Å². The molecule has 134 valence electrons. The Hall–Kier alpha value is -2.65. The fourth-order valence-corrected chi connectivity index (χ4v) is 2.67. The molecular weight excluding hydrogens is 351 g/mol. The van der Waals surface area contributed by atoms with Crippen LogP contribution in [0.3, 0.4) is 0 Å². The number of hydrazine groups is 1. The van der Waals surface area contributed by atoms with Gasteiger partial charge in [-0.2, -0.15) is 0 Å². The molecule has 0 aliphatic rings. The number of para-hydroxylation sites is 1. The summed E-state index contributed by atoms with van der Waals surface area (Å²) in [4.78, 5) is 13.5. The van der Waals surface area contributed by atoms with Gasteiger partial charge in [0.15, 0.2) is 18.2 Å². The summed E-state index contributed by atoms with van der Waals surface area (Å²) < 4.78 is 47.7. The van der Waals surface area contributed by atoms with E-state index in [0.717, 1.165) is 0 Å². The van der Waals surface area contributed by atoms with Crippen LogP contribution in [0.25, 0.3) is 0 Å². The molecule has 7 nitrogen and oxygen atoms in total. The van der Waals surface area contributed by atoms with Crippen molar-refractivity contribution in [3.8, 4) is 11.5 Å². The lowest BCUT2D eigenvalue weighted by Gasteiger charge is -2.10. The van der Waals surface area contributed by atoms with E-state index in [2.05, 4.69) is 0 Å². The molecule has 0 spiro atoms. The number of hydrogen-bond donors (Lipinski definition) is 2. The fraction of sp³-hybridized carbons (Fsp3) is 0.188. The zero-order valence-electron chi connectivity index (χ0n) is 13.4. The molecule has 0 saturated carbocycles. The molecule has 0 unspecified atom stereocenters. The van der Waals surface area contributed by atoms with Crippen LogP contribution >= 0.6 is 0 Å². The molecular formula is C16H17FN2O5S. The van der Waals surface area contributed by atoms with Crippen molar-refractivity contribution in [2.24, 2.45) is 0 Å².